The number of carbonyl (C=O) groups excluding carboxylic acids is 2. The molecular formula is C27H39N3O4S. The van der Waals surface area contributed by atoms with Crippen molar-refractivity contribution < 1.29 is 19.4 Å². The summed E-state index contributed by atoms with van der Waals surface area (Å²) in [4.78, 5) is 30.6. The van der Waals surface area contributed by atoms with Gasteiger partial charge in [0.2, 0.25) is 11.8 Å². The summed E-state index contributed by atoms with van der Waals surface area (Å²) in [7, 11) is 0. The number of hydrogen-bond donors (Lipinski definition) is 3. The molecule has 7 nitrogen and oxygen atoms in total. The standard InChI is InChI=1S/C27H39N3O4S/c1-4-10-22(29-26(33)23(31)15-18(2)3)25(32)30-27-28-16-24(35-27)21-14-9-8-11-19(21)17-34-20-12-6-5-7-13-20/h8-9,11,14,16,18,20,22-23,31H,4-7,10,12-13,15,17H2,1-3H3,(H,29,33)(H,28,30,32)/t22-,23-/m0/s1. The maximum Gasteiger partial charge on any atom is 0.249 e. The van der Waals surface area contributed by atoms with Crippen LogP contribution >= 0.6 is 11.3 Å². The van der Waals surface area contributed by atoms with Gasteiger partial charge in [0.15, 0.2) is 5.13 Å². The van der Waals surface area contributed by atoms with Crippen LogP contribution in [0.3, 0.4) is 0 Å². The van der Waals surface area contributed by atoms with E-state index < -0.39 is 18.1 Å². The molecule has 0 radical (unpaired) electrons. The van der Waals surface area contributed by atoms with Gasteiger partial charge in [-0.15, -0.1) is 0 Å². The number of rotatable bonds is 12. The summed E-state index contributed by atoms with van der Waals surface area (Å²) in [5.41, 5.74) is 2.16. The van der Waals surface area contributed by atoms with Crippen molar-refractivity contribution in [3.05, 3.63) is 36.0 Å². The lowest BCUT2D eigenvalue weighted by Crippen LogP contribution is -2.47. The molecule has 192 valence electrons. The van der Waals surface area contributed by atoms with E-state index in [1.807, 2.05) is 32.9 Å². The molecule has 2 atom stereocenters. The van der Waals surface area contributed by atoms with Gasteiger partial charge in [-0.05, 0) is 42.7 Å². The zero-order valence-corrected chi connectivity index (χ0v) is 21.9. The molecule has 0 spiro atoms. The molecule has 0 aliphatic heterocycles. The minimum Gasteiger partial charge on any atom is -0.383 e. The Bertz CT molecular complexity index is 955. The van der Waals surface area contributed by atoms with Crippen LogP contribution in [0.5, 0.6) is 0 Å². The molecule has 1 fully saturated rings. The van der Waals surface area contributed by atoms with Gasteiger partial charge >= 0.3 is 0 Å². The van der Waals surface area contributed by atoms with Gasteiger partial charge in [0, 0.05) is 6.20 Å². The number of amides is 2. The number of aliphatic hydroxyl groups is 1. The zero-order chi connectivity index (χ0) is 25.2. The number of aromatic nitrogens is 1. The zero-order valence-electron chi connectivity index (χ0n) is 21.1. The molecule has 1 heterocycles. The van der Waals surface area contributed by atoms with E-state index in [1.54, 1.807) is 6.20 Å². The number of anilines is 1. The highest BCUT2D eigenvalue weighted by molar-refractivity contribution is 7.19. The molecule has 0 unspecified atom stereocenters. The molecule has 1 saturated carbocycles. The third-order valence-electron chi connectivity index (χ3n) is 6.25. The number of aliphatic hydroxyl groups excluding tert-OH is 1. The normalized spacial score (nSPS) is 16.1. The van der Waals surface area contributed by atoms with E-state index in [4.69, 9.17) is 4.74 Å². The van der Waals surface area contributed by atoms with E-state index in [2.05, 4.69) is 27.8 Å². The number of thiazole rings is 1. The van der Waals surface area contributed by atoms with Crippen molar-refractivity contribution in [1.29, 1.82) is 0 Å². The average Bonchev–Trinajstić information content (AvgIpc) is 3.31. The van der Waals surface area contributed by atoms with E-state index in [-0.39, 0.29) is 11.8 Å². The number of benzene rings is 1. The minimum atomic E-state index is -1.12. The maximum atomic E-state index is 12.9. The highest BCUT2D eigenvalue weighted by atomic mass is 32.1. The van der Waals surface area contributed by atoms with Crippen molar-refractivity contribution >= 4 is 28.3 Å². The molecule has 35 heavy (non-hydrogen) atoms. The van der Waals surface area contributed by atoms with E-state index in [0.717, 1.165) is 35.3 Å². The molecule has 1 aromatic heterocycles. The van der Waals surface area contributed by atoms with Gasteiger partial charge < -0.3 is 20.5 Å². The van der Waals surface area contributed by atoms with Gasteiger partial charge in [-0.25, -0.2) is 4.98 Å². The van der Waals surface area contributed by atoms with Crippen LogP contribution in [0.25, 0.3) is 10.4 Å². The van der Waals surface area contributed by atoms with E-state index in [0.29, 0.717) is 30.7 Å². The lowest BCUT2D eigenvalue weighted by Gasteiger charge is -2.22. The van der Waals surface area contributed by atoms with Gasteiger partial charge in [-0.3, -0.25) is 9.59 Å². The second-order valence-corrected chi connectivity index (χ2v) is 10.8. The van der Waals surface area contributed by atoms with E-state index in [9.17, 15) is 14.7 Å². The topological polar surface area (TPSA) is 101 Å². The molecule has 0 bridgehead atoms. The van der Waals surface area contributed by atoms with Gasteiger partial charge in [0.05, 0.1) is 17.6 Å². The summed E-state index contributed by atoms with van der Waals surface area (Å²) >= 11 is 1.40. The Hall–Kier alpha value is -2.29. The maximum absolute atomic E-state index is 12.9. The average molecular weight is 502 g/mol. The number of carbonyl (C=O) groups is 2. The van der Waals surface area contributed by atoms with Crippen molar-refractivity contribution in [2.75, 3.05) is 5.32 Å². The Morgan fingerprint density at radius 1 is 1.17 bits per heavy atom. The monoisotopic (exact) mass is 501 g/mol. The van der Waals surface area contributed by atoms with Crippen molar-refractivity contribution in [2.45, 2.75) is 97.0 Å². The summed E-state index contributed by atoms with van der Waals surface area (Å²) in [5, 5.41) is 16.1. The van der Waals surface area contributed by atoms with Gasteiger partial charge in [-0.2, -0.15) is 0 Å². The Kier molecular flexibility index (Phi) is 10.7. The second-order valence-electron chi connectivity index (χ2n) is 9.74. The Balaban J connectivity index is 1.63. The summed E-state index contributed by atoms with van der Waals surface area (Å²) in [5.74, 6) is -0.662. The first-order valence-corrected chi connectivity index (χ1v) is 13.6. The predicted octanol–water partition coefficient (Wildman–Crippen LogP) is 5.29. The molecule has 0 saturated heterocycles. The first-order valence-electron chi connectivity index (χ1n) is 12.8. The van der Waals surface area contributed by atoms with Gasteiger partial charge in [-0.1, -0.05) is 82.1 Å². The third kappa shape index (κ3) is 8.40. The minimum absolute atomic E-state index is 0.180. The van der Waals surface area contributed by atoms with Gasteiger partial charge in [0.25, 0.3) is 0 Å². The molecule has 3 rings (SSSR count). The Morgan fingerprint density at radius 3 is 2.63 bits per heavy atom. The number of hydrogen-bond acceptors (Lipinski definition) is 6. The molecule has 1 aromatic carbocycles. The van der Waals surface area contributed by atoms with Crippen LogP contribution in [0.1, 0.15) is 77.7 Å². The van der Waals surface area contributed by atoms with Crippen LogP contribution in [-0.2, 0) is 20.9 Å². The summed E-state index contributed by atoms with van der Waals surface area (Å²) < 4.78 is 6.19. The number of nitrogens with zero attached hydrogens (tertiary/aromatic N) is 1. The summed E-state index contributed by atoms with van der Waals surface area (Å²) in [6, 6.07) is 7.41. The molecule has 8 heteroatoms. The molecule has 1 aliphatic rings. The molecule has 2 aromatic rings. The highest BCUT2D eigenvalue weighted by Gasteiger charge is 2.25. The quantitative estimate of drug-likeness (QED) is 0.367. The SMILES string of the molecule is CCC[C@H](NC(=O)[C@@H](O)CC(C)C)C(=O)Nc1ncc(-c2ccccc2COC2CCCCC2)s1. The van der Waals surface area contributed by atoms with Crippen LogP contribution in [0.15, 0.2) is 30.5 Å². The number of ether oxygens (including phenoxy) is 1. The first kappa shape index (κ1) is 27.3. The summed E-state index contributed by atoms with van der Waals surface area (Å²) in [6.07, 6.45) is 8.55. The molecule has 2 amide bonds. The van der Waals surface area contributed by atoms with Crippen LogP contribution < -0.4 is 10.6 Å². The van der Waals surface area contributed by atoms with Crippen molar-refractivity contribution in [3.8, 4) is 10.4 Å². The van der Waals surface area contributed by atoms with Crippen LogP contribution in [0, 0.1) is 5.92 Å². The molecule has 1 aliphatic carbocycles. The fraction of sp³-hybridized carbons (Fsp3) is 0.593. The first-order chi connectivity index (χ1) is 16.9. The number of nitrogens with one attached hydrogen (secondary N) is 2. The van der Waals surface area contributed by atoms with Gasteiger partial charge in [0.1, 0.15) is 12.1 Å². The Morgan fingerprint density at radius 2 is 1.91 bits per heavy atom. The molecule has 3 N–H and O–H groups in total. The van der Waals surface area contributed by atoms with E-state index in [1.165, 1.54) is 30.6 Å². The molecular weight excluding hydrogens is 462 g/mol. The lowest BCUT2D eigenvalue weighted by atomic mass is 9.97. The second kappa shape index (κ2) is 13.7. The smallest absolute Gasteiger partial charge is 0.249 e. The van der Waals surface area contributed by atoms with Crippen molar-refractivity contribution in [1.82, 2.24) is 10.3 Å². The van der Waals surface area contributed by atoms with Crippen LogP contribution in [-0.4, -0.2) is 40.2 Å². The van der Waals surface area contributed by atoms with Crippen molar-refractivity contribution in [3.63, 3.8) is 0 Å². The Labute approximate surface area is 212 Å². The van der Waals surface area contributed by atoms with Crippen LogP contribution in [0.4, 0.5) is 5.13 Å². The third-order valence-corrected chi connectivity index (χ3v) is 7.20. The van der Waals surface area contributed by atoms with Crippen LogP contribution in [0.2, 0.25) is 0 Å². The van der Waals surface area contributed by atoms with E-state index >= 15 is 0 Å². The fourth-order valence-corrected chi connectivity index (χ4v) is 5.23. The van der Waals surface area contributed by atoms with Crippen molar-refractivity contribution in [2.24, 2.45) is 5.92 Å². The largest absolute Gasteiger partial charge is 0.383 e. The highest BCUT2D eigenvalue weighted by Crippen LogP contribution is 2.32. The fourth-order valence-electron chi connectivity index (χ4n) is 4.35. The summed E-state index contributed by atoms with van der Waals surface area (Å²) in [6.45, 7) is 6.38. The lowest BCUT2D eigenvalue weighted by molar-refractivity contribution is -0.133. The predicted molar refractivity (Wildman–Crippen MR) is 140 cm³/mol.